The first-order valence-electron chi connectivity index (χ1n) is 12.2. The van der Waals surface area contributed by atoms with Gasteiger partial charge in [0.15, 0.2) is 0 Å². The van der Waals surface area contributed by atoms with E-state index in [2.05, 4.69) is 20.9 Å². The second-order valence-electron chi connectivity index (χ2n) is 9.27. The molecule has 1 unspecified atom stereocenters. The van der Waals surface area contributed by atoms with Crippen LogP contribution in [0.3, 0.4) is 0 Å². The lowest BCUT2D eigenvalue weighted by molar-refractivity contribution is -0.137. The highest BCUT2D eigenvalue weighted by atomic mass is 16.5. The average molecular weight is 436 g/mol. The van der Waals surface area contributed by atoms with Gasteiger partial charge in [-0.3, -0.25) is 9.78 Å². The smallest absolute Gasteiger partial charge is 0.225 e. The van der Waals surface area contributed by atoms with Crippen molar-refractivity contribution in [3.05, 3.63) is 36.4 Å². The average Bonchev–Trinajstić information content (AvgIpc) is 2.89. The molecule has 32 heavy (non-hydrogen) atoms. The number of hydrogen-bond acceptors (Lipinski definition) is 6. The summed E-state index contributed by atoms with van der Waals surface area (Å²) < 4.78 is 5.51. The van der Waals surface area contributed by atoms with Crippen LogP contribution in [0.5, 0.6) is 0 Å². The summed E-state index contributed by atoms with van der Waals surface area (Å²) in [5.41, 5.74) is 3.12. The van der Waals surface area contributed by atoms with Crippen LogP contribution in [0.4, 0.5) is 5.95 Å². The minimum atomic E-state index is 0.217. The van der Waals surface area contributed by atoms with Crippen LogP contribution in [0.2, 0.25) is 0 Å². The summed E-state index contributed by atoms with van der Waals surface area (Å²) in [4.78, 5) is 31.7. The molecule has 170 valence electrons. The third-order valence-corrected chi connectivity index (χ3v) is 7.15. The third-order valence-electron chi connectivity index (χ3n) is 7.15. The summed E-state index contributed by atoms with van der Waals surface area (Å²) in [6.07, 6.45) is 13.4. The van der Waals surface area contributed by atoms with Gasteiger partial charge in [0.25, 0.3) is 0 Å². The largest absolute Gasteiger partial charge is 0.378 e. The van der Waals surface area contributed by atoms with Crippen LogP contribution in [-0.4, -0.2) is 65.2 Å². The zero-order chi connectivity index (χ0) is 21.8. The van der Waals surface area contributed by atoms with E-state index in [9.17, 15) is 4.79 Å². The van der Waals surface area contributed by atoms with Crippen molar-refractivity contribution in [2.24, 2.45) is 5.92 Å². The summed E-state index contributed by atoms with van der Waals surface area (Å²) >= 11 is 0. The Hall–Kier alpha value is -2.54. The van der Waals surface area contributed by atoms with E-state index >= 15 is 0 Å². The second-order valence-corrected chi connectivity index (χ2v) is 9.27. The molecule has 0 radical (unpaired) electrons. The van der Waals surface area contributed by atoms with Crippen LogP contribution in [0, 0.1) is 5.92 Å². The number of ether oxygens (including phenoxy) is 1. The normalized spacial score (nSPS) is 22.7. The Morgan fingerprint density at radius 3 is 2.62 bits per heavy atom. The number of hydrogen-bond donors (Lipinski definition) is 0. The molecule has 4 heterocycles. The van der Waals surface area contributed by atoms with Crippen LogP contribution in [-0.2, 0) is 9.53 Å². The highest BCUT2D eigenvalue weighted by Gasteiger charge is 2.32. The van der Waals surface area contributed by atoms with E-state index in [1.807, 2.05) is 18.5 Å². The Morgan fingerprint density at radius 2 is 1.84 bits per heavy atom. The van der Waals surface area contributed by atoms with Gasteiger partial charge in [0.1, 0.15) is 0 Å². The van der Waals surface area contributed by atoms with E-state index in [0.29, 0.717) is 19.1 Å². The van der Waals surface area contributed by atoms with E-state index in [4.69, 9.17) is 14.7 Å². The number of aromatic nitrogens is 3. The van der Waals surface area contributed by atoms with E-state index in [-0.39, 0.29) is 11.8 Å². The minimum absolute atomic E-state index is 0.217. The van der Waals surface area contributed by atoms with Crippen LogP contribution in [0.15, 0.2) is 30.7 Å². The number of morpholine rings is 1. The molecule has 2 aromatic heterocycles. The monoisotopic (exact) mass is 435 g/mol. The summed E-state index contributed by atoms with van der Waals surface area (Å²) in [7, 11) is 0. The SMILES string of the molecule is O=C(C1CCCCC1)N1CCCC(c2nc(N3CCOCC3)ncc2-c2cccnc2)C1. The Bertz CT molecular complexity index is 910. The molecule has 2 aliphatic heterocycles. The summed E-state index contributed by atoms with van der Waals surface area (Å²) in [5, 5.41) is 0. The Labute approximate surface area is 190 Å². The number of likely N-dealkylation sites (tertiary alicyclic amines) is 1. The number of carbonyl (C=O) groups is 1. The zero-order valence-corrected chi connectivity index (χ0v) is 18.8. The number of anilines is 1. The lowest BCUT2D eigenvalue weighted by atomic mass is 9.86. The van der Waals surface area contributed by atoms with Crippen LogP contribution in [0.1, 0.15) is 56.6 Å². The van der Waals surface area contributed by atoms with E-state index < -0.39 is 0 Å². The quantitative estimate of drug-likeness (QED) is 0.730. The molecule has 5 rings (SSSR count). The maximum Gasteiger partial charge on any atom is 0.225 e. The fourth-order valence-electron chi connectivity index (χ4n) is 5.36. The first kappa shape index (κ1) is 21.3. The zero-order valence-electron chi connectivity index (χ0n) is 18.8. The van der Waals surface area contributed by atoms with Crippen molar-refractivity contribution >= 4 is 11.9 Å². The Kier molecular flexibility index (Phi) is 6.62. The standard InChI is InChI=1S/C25H33N5O2/c31-24(19-6-2-1-3-7-19)30-11-5-9-21(18-30)23-22(20-8-4-10-26-16-20)17-27-25(28-23)29-12-14-32-15-13-29/h4,8,10,16-17,19,21H,1-3,5-7,9,11-15,18H2. The fraction of sp³-hybridized carbons (Fsp3) is 0.600. The number of pyridine rings is 1. The van der Waals surface area contributed by atoms with Gasteiger partial charge in [-0.05, 0) is 31.7 Å². The molecule has 3 fully saturated rings. The fourth-order valence-corrected chi connectivity index (χ4v) is 5.36. The van der Waals surface area contributed by atoms with Crippen molar-refractivity contribution in [3.8, 4) is 11.1 Å². The predicted molar refractivity (Wildman–Crippen MR) is 123 cm³/mol. The molecule has 1 saturated carbocycles. The number of carbonyl (C=O) groups excluding carboxylic acids is 1. The van der Waals surface area contributed by atoms with Gasteiger partial charge in [0, 0.05) is 67.7 Å². The van der Waals surface area contributed by atoms with Crippen molar-refractivity contribution in [3.63, 3.8) is 0 Å². The number of piperidine rings is 1. The van der Waals surface area contributed by atoms with Crippen LogP contribution < -0.4 is 4.90 Å². The van der Waals surface area contributed by atoms with Gasteiger partial charge in [-0.15, -0.1) is 0 Å². The van der Waals surface area contributed by atoms with Gasteiger partial charge >= 0.3 is 0 Å². The molecule has 3 aliphatic rings. The highest BCUT2D eigenvalue weighted by Crippen LogP contribution is 2.35. The summed E-state index contributed by atoms with van der Waals surface area (Å²) in [6, 6.07) is 4.02. The summed E-state index contributed by atoms with van der Waals surface area (Å²) in [5.74, 6) is 1.57. The molecule has 0 bridgehead atoms. The number of rotatable bonds is 4. The molecular weight excluding hydrogens is 402 g/mol. The number of amides is 1. The molecule has 2 aromatic rings. The van der Waals surface area contributed by atoms with Crippen molar-refractivity contribution in [1.29, 1.82) is 0 Å². The molecule has 0 spiro atoms. The van der Waals surface area contributed by atoms with Crippen LogP contribution in [0.25, 0.3) is 11.1 Å². The molecule has 1 amide bonds. The first-order chi connectivity index (χ1) is 15.8. The lowest BCUT2D eigenvalue weighted by Gasteiger charge is -2.36. The predicted octanol–water partition coefficient (Wildman–Crippen LogP) is 3.66. The van der Waals surface area contributed by atoms with Gasteiger partial charge < -0.3 is 14.5 Å². The topological polar surface area (TPSA) is 71.5 Å². The third kappa shape index (κ3) is 4.63. The molecule has 2 saturated heterocycles. The highest BCUT2D eigenvalue weighted by molar-refractivity contribution is 5.79. The molecule has 7 nitrogen and oxygen atoms in total. The number of nitrogens with zero attached hydrogens (tertiary/aromatic N) is 5. The first-order valence-corrected chi connectivity index (χ1v) is 12.2. The summed E-state index contributed by atoms with van der Waals surface area (Å²) in [6.45, 7) is 4.65. The van der Waals surface area contributed by atoms with Gasteiger partial charge in [0.05, 0.1) is 18.9 Å². The van der Waals surface area contributed by atoms with Gasteiger partial charge in [0.2, 0.25) is 11.9 Å². The van der Waals surface area contributed by atoms with E-state index in [0.717, 1.165) is 74.6 Å². The molecule has 0 aromatic carbocycles. The molecule has 1 atom stereocenters. The van der Waals surface area contributed by atoms with Crippen molar-refractivity contribution in [2.45, 2.75) is 50.9 Å². The van der Waals surface area contributed by atoms with Gasteiger partial charge in [-0.25, -0.2) is 9.97 Å². The Balaban J connectivity index is 1.43. The van der Waals surface area contributed by atoms with Crippen LogP contribution >= 0.6 is 0 Å². The maximum absolute atomic E-state index is 13.3. The molecule has 1 aliphatic carbocycles. The second kappa shape index (κ2) is 9.94. The van der Waals surface area contributed by atoms with Gasteiger partial charge in [-0.2, -0.15) is 0 Å². The Morgan fingerprint density at radius 1 is 1.00 bits per heavy atom. The van der Waals surface area contributed by atoms with Crippen molar-refractivity contribution in [1.82, 2.24) is 19.9 Å². The van der Waals surface area contributed by atoms with Gasteiger partial charge in [-0.1, -0.05) is 25.3 Å². The van der Waals surface area contributed by atoms with E-state index in [1.165, 1.54) is 19.3 Å². The van der Waals surface area contributed by atoms with E-state index in [1.54, 1.807) is 6.20 Å². The maximum atomic E-state index is 13.3. The minimum Gasteiger partial charge on any atom is -0.378 e. The van der Waals surface area contributed by atoms with Crippen molar-refractivity contribution in [2.75, 3.05) is 44.3 Å². The molecular formula is C25H33N5O2. The molecule has 7 heteroatoms. The van der Waals surface area contributed by atoms with Crippen molar-refractivity contribution < 1.29 is 9.53 Å². The molecule has 0 N–H and O–H groups in total. The lowest BCUT2D eigenvalue weighted by Crippen LogP contribution is -2.43.